The van der Waals surface area contributed by atoms with Gasteiger partial charge in [0.2, 0.25) is 0 Å². The second-order valence-electron chi connectivity index (χ2n) is 6.14. The summed E-state index contributed by atoms with van der Waals surface area (Å²) in [5.74, 6) is 1.05. The largest absolute Gasteiger partial charge is 0.357 e. The van der Waals surface area contributed by atoms with Crippen molar-refractivity contribution >= 4 is 5.96 Å². The van der Waals surface area contributed by atoms with Gasteiger partial charge in [-0.1, -0.05) is 19.9 Å². The number of aliphatic imine (C=N–C) groups is 1. The minimum atomic E-state index is 0.400. The van der Waals surface area contributed by atoms with E-state index in [2.05, 4.69) is 42.0 Å². The summed E-state index contributed by atoms with van der Waals surface area (Å²) in [7, 11) is 0. The lowest BCUT2D eigenvalue weighted by atomic mass is 9.93. The van der Waals surface area contributed by atoms with Crippen LogP contribution in [-0.4, -0.2) is 42.0 Å². The zero-order valence-electron chi connectivity index (χ0n) is 12.9. The average molecular weight is 274 g/mol. The minimum absolute atomic E-state index is 0.400. The van der Waals surface area contributed by atoms with Crippen molar-refractivity contribution in [3.63, 3.8) is 0 Å². The molecule has 20 heavy (non-hydrogen) atoms. The first-order valence-corrected chi connectivity index (χ1v) is 7.54. The molecule has 4 heteroatoms. The van der Waals surface area contributed by atoms with E-state index in [1.807, 2.05) is 18.3 Å². The molecule has 0 saturated carbocycles. The van der Waals surface area contributed by atoms with Gasteiger partial charge in [0.15, 0.2) is 5.96 Å². The SMILES string of the molecule is CCNC(=NCCc1ccccn1)N1CCC(C)(C)C1. The smallest absolute Gasteiger partial charge is 0.193 e. The average Bonchev–Trinajstić information content (AvgIpc) is 2.79. The Morgan fingerprint density at radius 3 is 2.90 bits per heavy atom. The Morgan fingerprint density at radius 1 is 1.45 bits per heavy atom. The van der Waals surface area contributed by atoms with Gasteiger partial charge < -0.3 is 10.2 Å². The predicted octanol–water partition coefficient (Wildman–Crippen LogP) is 2.32. The number of rotatable bonds is 4. The van der Waals surface area contributed by atoms with E-state index in [1.165, 1.54) is 6.42 Å². The van der Waals surface area contributed by atoms with Crippen molar-refractivity contribution in [2.45, 2.75) is 33.6 Å². The molecule has 1 aromatic rings. The van der Waals surface area contributed by atoms with Crippen molar-refractivity contribution in [2.24, 2.45) is 10.4 Å². The summed E-state index contributed by atoms with van der Waals surface area (Å²) < 4.78 is 0. The second-order valence-corrected chi connectivity index (χ2v) is 6.14. The number of pyridine rings is 1. The summed E-state index contributed by atoms with van der Waals surface area (Å²) in [6.45, 7) is 10.7. The predicted molar refractivity (Wildman–Crippen MR) is 83.9 cm³/mol. The standard InChI is InChI=1S/C16H26N4/c1-4-17-15(20-12-9-16(2,3)13-20)19-11-8-14-7-5-6-10-18-14/h5-7,10H,4,8-9,11-13H2,1-3H3,(H,17,19). The maximum absolute atomic E-state index is 4.75. The summed E-state index contributed by atoms with van der Waals surface area (Å²) in [6, 6.07) is 6.03. The Morgan fingerprint density at radius 2 is 2.30 bits per heavy atom. The fourth-order valence-electron chi connectivity index (χ4n) is 2.54. The molecular weight excluding hydrogens is 248 g/mol. The summed E-state index contributed by atoms with van der Waals surface area (Å²) in [6.07, 6.45) is 3.97. The molecule has 1 aliphatic rings. The Bertz CT molecular complexity index is 439. The van der Waals surface area contributed by atoms with Crippen molar-refractivity contribution in [2.75, 3.05) is 26.2 Å². The minimum Gasteiger partial charge on any atom is -0.357 e. The topological polar surface area (TPSA) is 40.5 Å². The molecular formula is C16H26N4. The number of likely N-dealkylation sites (tertiary alicyclic amines) is 1. The quantitative estimate of drug-likeness (QED) is 0.676. The van der Waals surface area contributed by atoms with Gasteiger partial charge >= 0.3 is 0 Å². The van der Waals surface area contributed by atoms with Crippen molar-refractivity contribution in [1.82, 2.24) is 15.2 Å². The fourth-order valence-corrected chi connectivity index (χ4v) is 2.54. The highest BCUT2D eigenvalue weighted by Crippen LogP contribution is 2.28. The first kappa shape index (κ1) is 14.8. The molecule has 0 radical (unpaired) electrons. The molecule has 0 unspecified atom stereocenters. The molecule has 0 amide bonds. The van der Waals surface area contributed by atoms with E-state index in [9.17, 15) is 0 Å². The molecule has 0 spiro atoms. The number of nitrogens with zero attached hydrogens (tertiary/aromatic N) is 3. The van der Waals surface area contributed by atoms with E-state index in [-0.39, 0.29) is 0 Å². The Balaban J connectivity index is 1.93. The van der Waals surface area contributed by atoms with Crippen LogP contribution in [-0.2, 0) is 6.42 Å². The lowest BCUT2D eigenvalue weighted by molar-refractivity contribution is 0.370. The van der Waals surface area contributed by atoms with Crippen LogP contribution < -0.4 is 5.32 Å². The monoisotopic (exact) mass is 274 g/mol. The van der Waals surface area contributed by atoms with Crippen LogP contribution in [0.3, 0.4) is 0 Å². The molecule has 2 heterocycles. The molecule has 1 aliphatic heterocycles. The zero-order chi connectivity index (χ0) is 14.4. The summed E-state index contributed by atoms with van der Waals surface area (Å²) in [5, 5.41) is 3.40. The molecule has 110 valence electrons. The van der Waals surface area contributed by atoms with Crippen molar-refractivity contribution in [1.29, 1.82) is 0 Å². The summed E-state index contributed by atoms with van der Waals surface area (Å²) in [4.78, 5) is 11.5. The van der Waals surface area contributed by atoms with E-state index in [0.29, 0.717) is 5.41 Å². The van der Waals surface area contributed by atoms with Crippen LogP contribution in [0.4, 0.5) is 0 Å². The summed E-state index contributed by atoms with van der Waals surface area (Å²) in [5.41, 5.74) is 1.51. The third kappa shape index (κ3) is 4.22. The van der Waals surface area contributed by atoms with Crippen molar-refractivity contribution in [3.8, 4) is 0 Å². The molecule has 1 saturated heterocycles. The van der Waals surface area contributed by atoms with Gasteiger partial charge in [-0.3, -0.25) is 9.98 Å². The number of hydrogen-bond donors (Lipinski definition) is 1. The van der Waals surface area contributed by atoms with Gasteiger partial charge in [-0.2, -0.15) is 0 Å². The number of hydrogen-bond acceptors (Lipinski definition) is 2. The van der Waals surface area contributed by atoms with E-state index in [4.69, 9.17) is 4.99 Å². The molecule has 0 aliphatic carbocycles. The molecule has 0 aromatic carbocycles. The van der Waals surface area contributed by atoms with Crippen molar-refractivity contribution in [3.05, 3.63) is 30.1 Å². The normalized spacial score (nSPS) is 18.4. The summed E-state index contributed by atoms with van der Waals surface area (Å²) >= 11 is 0. The lowest BCUT2D eigenvalue weighted by Gasteiger charge is -2.23. The third-order valence-electron chi connectivity index (χ3n) is 3.67. The highest BCUT2D eigenvalue weighted by molar-refractivity contribution is 5.80. The van der Waals surface area contributed by atoms with Gasteiger partial charge in [0, 0.05) is 44.5 Å². The first-order chi connectivity index (χ1) is 9.61. The van der Waals surface area contributed by atoms with E-state index < -0.39 is 0 Å². The maximum atomic E-state index is 4.75. The lowest BCUT2D eigenvalue weighted by Crippen LogP contribution is -2.40. The van der Waals surface area contributed by atoms with Crippen LogP contribution in [0.25, 0.3) is 0 Å². The maximum Gasteiger partial charge on any atom is 0.193 e. The van der Waals surface area contributed by atoms with E-state index in [0.717, 1.165) is 44.3 Å². The number of nitrogens with one attached hydrogen (secondary N) is 1. The van der Waals surface area contributed by atoms with Crippen LogP contribution in [0.2, 0.25) is 0 Å². The van der Waals surface area contributed by atoms with Gasteiger partial charge in [-0.15, -0.1) is 0 Å². The second kappa shape index (κ2) is 6.73. The van der Waals surface area contributed by atoms with Crippen molar-refractivity contribution < 1.29 is 0 Å². The van der Waals surface area contributed by atoms with Crippen LogP contribution >= 0.6 is 0 Å². The molecule has 1 N–H and O–H groups in total. The van der Waals surface area contributed by atoms with Gasteiger partial charge in [0.05, 0.1) is 0 Å². The van der Waals surface area contributed by atoms with Gasteiger partial charge in [0.1, 0.15) is 0 Å². The first-order valence-electron chi connectivity index (χ1n) is 7.54. The molecule has 2 rings (SSSR count). The van der Waals surface area contributed by atoms with Gasteiger partial charge in [-0.05, 0) is 30.9 Å². The Hall–Kier alpha value is -1.58. The molecule has 4 nitrogen and oxygen atoms in total. The van der Waals surface area contributed by atoms with E-state index in [1.54, 1.807) is 0 Å². The third-order valence-corrected chi connectivity index (χ3v) is 3.67. The fraction of sp³-hybridized carbons (Fsp3) is 0.625. The number of aromatic nitrogens is 1. The zero-order valence-corrected chi connectivity index (χ0v) is 12.9. The molecule has 0 bridgehead atoms. The van der Waals surface area contributed by atoms with Gasteiger partial charge in [0.25, 0.3) is 0 Å². The van der Waals surface area contributed by atoms with Crippen LogP contribution in [0, 0.1) is 5.41 Å². The molecule has 0 atom stereocenters. The highest BCUT2D eigenvalue weighted by atomic mass is 15.3. The Labute approximate surface area is 122 Å². The van der Waals surface area contributed by atoms with Crippen LogP contribution in [0.5, 0.6) is 0 Å². The number of guanidine groups is 1. The van der Waals surface area contributed by atoms with Crippen LogP contribution in [0.15, 0.2) is 29.4 Å². The Kier molecular flexibility index (Phi) is 4.99. The van der Waals surface area contributed by atoms with Crippen LogP contribution in [0.1, 0.15) is 32.9 Å². The molecule has 1 fully saturated rings. The van der Waals surface area contributed by atoms with E-state index >= 15 is 0 Å². The van der Waals surface area contributed by atoms with Gasteiger partial charge in [-0.25, -0.2) is 0 Å². The highest BCUT2D eigenvalue weighted by Gasteiger charge is 2.30. The molecule has 1 aromatic heterocycles.